The van der Waals surface area contributed by atoms with E-state index >= 15 is 0 Å². The number of hydrogen-bond donors (Lipinski definition) is 1. The van der Waals surface area contributed by atoms with Gasteiger partial charge < -0.3 is 9.73 Å². The SMILES string of the molecule is CNCc1ccc(CN(C)Cc2ccncc2)o1. The van der Waals surface area contributed by atoms with E-state index in [0.717, 1.165) is 31.2 Å². The molecule has 0 aliphatic rings. The Labute approximate surface area is 108 Å². The van der Waals surface area contributed by atoms with Gasteiger partial charge in [0.05, 0.1) is 13.1 Å². The monoisotopic (exact) mass is 245 g/mol. The summed E-state index contributed by atoms with van der Waals surface area (Å²) in [6.07, 6.45) is 3.64. The first-order valence-corrected chi connectivity index (χ1v) is 6.07. The van der Waals surface area contributed by atoms with Crippen molar-refractivity contribution in [1.29, 1.82) is 0 Å². The molecule has 18 heavy (non-hydrogen) atoms. The van der Waals surface area contributed by atoms with Gasteiger partial charge in [0.2, 0.25) is 0 Å². The first-order valence-electron chi connectivity index (χ1n) is 6.07. The van der Waals surface area contributed by atoms with Crippen LogP contribution < -0.4 is 5.32 Å². The van der Waals surface area contributed by atoms with Crippen molar-refractivity contribution in [2.24, 2.45) is 0 Å². The number of pyridine rings is 1. The number of aromatic nitrogens is 1. The fraction of sp³-hybridized carbons (Fsp3) is 0.357. The highest BCUT2D eigenvalue weighted by atomic mass is 16.3. The van der Waals surface area contributed by atoms with Crippen molar-refractivity contribution in [3.05, 3.63) is 53.7 Å². The van der Waals surface area contributed by atoms with Crippen molar-refractivity contribution < 1.29 is 4.42 Å². The molecule has 0 saturated carbocycles. The van der Waals surface area contributed by atoms with Crippen LogP contribution in [0.1, 0.15) is 17.1 Å². The van der Waals surface area contributed by atoms with Crippen molar-refractivity contribution in [1.82, 2.24) is 15.2 Å². The number of furan rings is 1. The molecular formula is C14H19N3O. The molecule has 0 spiro atoms. The maximum atomic E-state index is 5.72. The molecule has 4 heteroatoms. The highest BCUT2D eigenvalue weighted by Gasteiger charge is 2.05. The van der Waals surface area contributed by atoms with Crippen molar-refractivity contribution >= 4 is 0 Å². The van der Waals surface area contributed by atoms with Crippen LogP contribution in [0.4, 0.5) is 0 Å². The molecule has 0 radical (unpaired) electrons. The maximum absolute atomic E-state index is 5.72. The molecule has 0 aliphatic heterocycles. The second kappa shape index (κ2) is 6.33. The van der Waals surface area contributed by atoms with Crippen molar-refractivity contribution in [2.75, 3.05) is 14.1 Å². The molecule has 0 saturated heterocycles. The van der Waals surface area contributed by atoms with Crippen molar-refractivity contribution in [3.8, 4) is 0 Å². The van der Waals surface area contributed by atoms with E-state index in [4.69, 9.17) is 4.42 Å². The standard InChI is InChI=1S/C14H19N3O/c1-15-9-13-3-4-14(18-13)11-17(2)10-12-5-7-16-8-6-12/h3-8,15H,9-11H2,1-2H3. The van der Waals surface area contributed by atoms with Crippen LogP contribution in [0.2, 0.25) is 0 Å². The molecule has 0 atom stereocenters. The third kappa shape index (κ3) is 3.68. The van der Waals surface area contributed by atoms with Gasteiger partial charge in [-0.25, -0.2) is 0 Å². The summed E-state index contributed by atoms with van der Waals surface area (Å²) in [4.78, 5) is 6.24. The van der Waals surface area contributed by atoms with Gasteiger partial charge >= 0.3 is 0 Å². The highest BCUT2D eigenvalue weighted by Crippen LogP contribution is 2.11. The van der Waals surface area contributed by atoms with Gasteiger partial charge in [-0.3, -0.25) is 9.88 Å². The van der Waals surface area contributed by atoms with E-state index in [1.807, 2.05) is 43.7 Å². The second-order valence-electron chi connectivity index (χ2n) is 4.43. The minimum Gasteiger partial charge on any atom is -0.463 e. The van der Waals surface area contributed by atoms with Crippen molar-refractivity contribution in [2.45, 2.75) is 19.6 Å². The molecule has 2 aromatic rings. The smallest absolute Gasteiger partial charge is 0.118 e. The minimum absolute atomic E-state index is 0.772. The average Bonchev–Trinajstić information content (AvgIpc) is 2.78. The van der Waals surface area contributed by atoms with Gasteiger partial charge in [0, 0.05) is 18.9 Å². The zero-order valence-corrected chi connectivity index (χ0v) is 10.9. The number of hydrogen-bond acceptors (Lipinski definition) is 4. The van der Waals surface area contributed by atoms with Crippen LogP contribution in [0.5, 0.6) is 0 Å². The third-order valence-electron chi connectivity index (χ3n) is 2.70. The van der Waals surface area contributed by atoms with Gasteiger partial charge in [0.25, 0.3) is 0 Å². The van der Waals surface area contributed by atoms with E-state index in [1.54, 1.807) is 0 Å². The lowest BCUT2D eigenvalue weighted by Crippen LogP contribution is -2.16. The topological polar surface area (TPSA) is 41.3 Å². The van der Waals surface area contributed by atoms with Crippen LogP contribution in [0.3, 0.4) is 0 Å². The molecule has 2 heterocycles. The summed E-state index contributed by atoms with van der Waals surface area (Å²) >= 11 is 0. The molecule has 0 amide bonds. The van der Waals surface area contributed by atoms with Crippen molar-refractivity contribution in [3.63, 3.8) is 0 Å². The molecule has 96 valence electrons. The molecule has 0 aliphatic carbocycles. The first kappa shape index (κ1) is 12.8. The molecule has 0 fully saturated rings. The fourth-order valence-electron chi connectivity index (χ4n) is 1.90. The van der Waals surface area contributed by atoms with E-state index in [2.05, 4.69) is 22.2 Å². The van der Waals surface area contributed by atoms with Crippen LogP contribution in [0.15, 0.2) is 41.1 Å². The predicted octanol–water partition coefficient (Wildman–Crippen LogP) is 2.03. The Hall–Kier alpha value is -1.65. The molecule has 2 rings (SSSR count). The Kier molecular flexibility index (Phi) is 4.50. The quantitative estimate of drug-likeness (QED) is 0.845. The first-order chi connectivity index (χ1) is 8.78. The lowest BCUT2D eigenvalue weighted by molar-refractivity contribution is 0.283. The molecule has 2 aromatic heterocycles. The summed E-state index contributed by atoms with van der Waals surface area (Å²) in [5.74, 6) is 1.97. The number of nitrogens with one attached hydrogen (secondary N) is 1. The van der Waals surface area contributed by atoms with Crippen LogP contribution in [-0.4, -0.2) is 24.0 Å². The average molecular weight is 245 g/mol. The zero-order chi connectivity index (χ0) is 12.8. The summed E-state index contributed by atoms with van der Waals surface area (Å²) in [5.41, 5.74) is 1.26. The lowest BCUT2D eigenvalue weighted by Gasteiger charge is -2.14. The van der Waals surface area contributed by atoms with E-state index in [1.165, 1.54) is 5.56 Å². The van der Waals surface area contributed by atoms with Gasteiger partial charge in [0.15, 0.2) is 0 Å². The van der Waals surface area contributed by atoms with Gasteiger partial charge in [-0.1, -0.05) is 0 Å². The highest BCUT2D eigenvalue weighted by molar-refractivity contribution is 5.10. The van der Waals surface area contributed by atoms with Gasteiger partial charge in [-0.15, -0.1) is 0 Å². The molecule has 0 aromatic carbocycles. The van der Waals surface area contributed by atoms with Gasteiger partial charge in [0.1, 0.15) is 11.5 Å². The van der Waals surface area contributed by atoms with E-state index in [0.29, 0.717) is 0 Å². The normalized spacial score (nSPS) is 11.1. The second-order valence-corrected chi connectivity index (χ2v) is 4.43. The van der Waals surface area contributed by atoms with E-state index in [9.17, 15) is 0 Å². The molecule has 0 unspecified atom stereocenters. The third-order valence-corrected chi connectivity index (χ3v) is 2.70. The summed E-state index contributed by atoms with van der Waals surface area (Å²) < 4.78 is 5.72. The van der Waals surface area contributed by atoms with Crippen LogP contribution in [0, 0.1) is 0 Å². The summed E-state index contributed by atoms with van der Waals surface area (Å²) in [7, 11) is 4.00. The van der Waals surface area contributed by atoms with E-state index < -0.39 is 0 Å². The molecular weight excluding hydrogens is 226 g/mol. The Morgan fingerprint density at radius 1 is 1.11 bits per heavy atom. The van der Waals surface area contributed by atoms with Crippen LogP contribution >= 0.6 is 0 Å². The number of nitrogens with zero attached hydrogens (tertiary/aromatic N) is 2. The van der Waals surface area contributed by atoms with E-state index in [-0.39, 0.29) is 0 Å². The summed E-state index contributed by atoms with van der Waals surface area (Å²) in [5, 5.41) is 3.08. The summed E-state index contributed by atoms with van der Waals surface area (Å²) in [6.45, 7) is 2.48. The Morgan fingerprint density at radius 2 is 1.83 bits per heavy atom. The summed E-state index contributed by atoms with van der Waals surface area (Å²) in [6, 6.07) is 8.12. The van der Waals surface area contributed by atoms with Gasteiger partial charge in [-0.2, -0.15) is 0 Å². The minimum atomic E-state index is 0.772. The Morgan fingerprint density at radius 3 is 2.56 bits per heavy atom. The predicted molar refractivity (Wildman–Crippen MR) is 70.9 cm³/mol. The molecule has 0 bridgehead atoms. The number of rotatable bonds is 6. The van der Waals surface area contributed by atoms with Gasteiger partial charge in [-0.05, 0) is 43.9 Å². The van der Waals surface area contributed by atoms with Crippen LogP contribution in [-0.2, 0) is 19.6 Å². The maximum Gasteiger partial charge on any atom is 0.118 e. The Balaban J connectivity index is 1.88. The molecule has 4 nitrogen and oxygen atoms in total. The molecule has 1 N–H and O–H groups in total. The Bertz CT molecular complexity index is 467. The largest absolute Gasteiger partial charge is 0.463 e. The van der Waals surface area contributed by atoms with Crippen LogP contribution in [0.25, 0.3) is 0 Å². The lowest BCUT2D eigenvalue weighted by atomic mass is 10.2. The fourth-order valence-corrected chi connectivity index (χ4v) is 1.90. The zero-order valence-electron chi connectivity index (χ0n) is 10.9.